The molecule has 0 aromatic carbocycles. The first-order chi connectivity index (χ1) is 6.84. The van der Waals surface area contributed by atoms with Crippen LogP contribution in [0.2, 0.25) is 39.3 Å². The summed E-state index contributed by atoms with van der Waals surface area (Å²) in [5.74, 6) is 0. The van der Waals surface area contributed by atoms with Gasteiger partial charge in [-0.2, -0.15) is 13.2 Å². The van der Waals surface area contributed by atoms with Crippen LogP contribution in [0.3, 0.4) is 0 Å². The zero-order chi connectivity index (χ0) is 13.2. The van der Waals surface area contributed by atoms with Gasteiger partial charge in [-0.3, -0.25) is 4.99 Å². The molecule has 0 saturated heterocycles. The van der Waals surface area contributed by atoms with E-state index in [9.17, 15) is 13.2 Å². The van der Waals surface area contributed by atoms with Gasteiger partial charge in [-0.05, 0) is 19.6 Å². The van der Waals surface area contributed by atoms with E-state index >= 15 is 0 Å². The molecule has 0 unspecified atom stereocenters. The molecule has 0 bridgehead atoms. The molecule has 0 aliphatic carbocycles. The zero-order valence-electron chi connectivity index (χ0n) is 10.6. The minimum Gasteiger partial charge on any atom is -0.537 e. The number of halogens is 3. The number of nitrogens with zero attached hydrogens (tertiary/aromatic N) is 1. The lowest BCUT2D eigenvalue weighted by Crippen LogP contribution is -2.47. The maximum absolute atomic E-state index is 12.7. The lowest BCUT2D eigenvalue weighted by atomic mass is 10.6. The highest BCUT2D eigenvalue weighted by molar-refractivity contribution is 6.78. The van der Waals surface area contributed by atoms with Crippen molar-refractivity contribution >= 4 is 22.8 Å². The SMILES string of the molecule is C[Si](C)(C)OC=N[C@@H](C(F)(F)F)[Si](C)(C)C. The van der Waals surface area contributed by atoms with Crippen LogP contribution in [0.5, 0.6) is 0 Å². The molecular formula is C9H20F3NOSi2. The largest absolute Gasteiger partial charge is 0.537 e. The number of alkyl halides is 3. The van der Waals surface area contributed by atoms with Gasteiger partial charge >= 0.3 is 6.18 Å². The van der Waals surface area contributed by atoms with E-state index < -0.39 is 28.2 Å². The van der Waals surface area contributed by atoms with E-state index in [0.717, 1.165) is 6.40 Å². The molecule has 96 valence electrons. The van der Waals surface area contributed by atoms with Gasteiger partial charge in [0.25, 0.3) is 0 Å². The fourth-order valence-electron chi connectivity index (χ4n) is 1.05. The van der Waals surface area contributed by atoms with Crippen molar-refractivity contribution in [3.63, 3.8) is 0 Å². The summed E-state index contributed by atoms with van der Waals surface area (Å²) < 4.78 is 43.4. The average molecular weight is 271 g/mol. The summed E-state index contributed by atoms with van der Waals surface area (Å²) in [6.45, 7) is 10.6. The first-order valence-corrected chi connectivity index (χ1v) is 12.1. The normalized spacial score (nSPS) is 16.6. The summed E-state index contributed by atoms with van der Waals surface area (Å²) in [7, 11) is -4.25. The predicted molar refractivity (Wildman–Crippen MR) is 66.1 cm³/mol. The van der Waals surface area contributed by atoms with Crippen molar-refractivity contribution in [2.75, 3.05) is 0 Å². The van der Waals surface area contributed by atoms with Crippen molar-refractivity contribution in [2.45, 2.75) is 51.1 Å². The molecule has 0 aliphatic heterocycles. The molecule has 0 heterocycles. The molecule has 0 radical (unpaired) electrons. The summed E-state index contributed by atoms with van der Waals surface area (Å²) in [5.41, 5.74) is -1.59. The molecule has 0 spiro atoms. The number of hydrogen-bond acceptors (Lipinski definition) is 2. The van der Waals surface area contributed by atoms with E-state index in [1.807, 2.05) is 19.6 Å². The van der Waals surface area contributed by atoms with Gasteiger partial charge in [-0.15, -0.1) is 0 Å². The van der Waals surface area contributed by atoms with E-state index in [-0.39, 0.29) is 0 Å². The van der Waals surface area contributed by atoms with Crippen molar-refractivity contribution in [3.05, 3.63) is 0 Å². The summed E-state index contributed by atoms with van der Waals surface area (Å²) in [5, 5.41) is 0. The Morgan fingerprint density at radius 1 is 1.06 bits per heavy atom. The maximum Gasteiger partial charge on any atom is 0.407 e. The molecule has 0 fully saturated rings. The average Bonchev–Trinajstić information content (AvgIpc) is 1.90. The highest BCUT2D eigenvalue weighted by Gasteiger charge is 2.47. The molecule has 0 N–H and O–H groups in total. The van der Waals surface area contributed by atoms with Crippen molar-refractivity contribution in [1.82, 2.24) is 0 Å². The smallest absolute Gasteiger partial charge is 0.407 e. The molecule has 0 saturated carbocycles. The Morgan fingerprint density at radius 3 is 1.75 bits per heavy atom. The topological polar surface area (TPSA) is 21.6 Å². The van der Waals surface area contributed by atoms with E-state index in [1.165, 1.54) is 0 Å². The van der Waals surface area contributed by atoms with Gasteiger partial charge in [0.05, 0.1) is 8.07 Å². The van der Waals surface area contributed by atoms with Crippen molar-refractivity contribution in [1.29, 1.82) is 0 Å². The number of aliphatic imine (C=N–C) groups is 1. The standard InChI is InChI=1S/C9H20F3NOSi2/c1-15(2,3)8(9(10,11)12)13-7-14-16(4,5)6/h7-8H,1-6H3/t8-/m1/s1. The van der Waals surface area contributed by atoms with Gasteiger partial charge in [0.2, 0.25) is 8.32 Å². The Morgan fingerprint density at radius 2 is 1.50 bits per heavy atom. The molecule has 0 aromatic rings. The van der Waals surface area contributed by atoms with Gasteiger partial charge in [-0.1, -0.05) is 19.6 Å². The molecule has 0 aromatic heterocycles. The monoisotopic (exact) mass is 271 g/mol. The third-order valence-corrected chi connectivity index (χ3v) is 4.68. The van der Waals surface area contributed by atoms with Gasteiger partial charge in [0.15, 0.2) is 6.40 Å². The van der Waals surface area contributed by atoms with Gasteiger partial charge in [0.1, 0.15) is 5.67 Å². The van der Waals surface area contributed by atoms with E-state index in [1.54, 1.807) is 19.6 Å². The van der Waals surface area contributed by atoms with Crippen LogP contribution < -0.4 is 0 Å². The molecule has 1 atom stereocenters. The lowest BCUT2D eigenvalue weighted by Gasteiger charge is -2.27. The van der Waals surface area contributed by atoms with Crippen LogP contribution in [-0.2, 0) is 4.43 Å². The minimum absolute atomic E-state index is 1.00. The third kappa shape index (κ3) is 6.31. The molecule has 0 aliphatic rings. The first-order valence-electron chi connectivity index (χ1n) is 5.10. The second-order valence-electron chi connectivity index (χ2n) is 5.79. The quantitative estimate of drug-likeness (QED) is 0.434. The predicted octanol–water partition coefficient (Wildman–Crippen LogP) is 3.67. The minimum atomic E-state index is -4.27. The Bertz CT molecular complexity index is 239. The summed E-state index contributed by atoms with van der Waals surface area (Å²) >= 11 is 0. The Labute approximate surface area is 97.0 Å². The zero-order valence-corrected chi connectivity index (χ0v) is 12.6. The van der Waals surface area contributed by atoms with Crippen LogP contribution in [-0.4, -0.2) is 34.6 Å². The van der Waals surface area contributed by atoms with Gasteiger partial charge in [-0.25, -0.2) is 0 Å². The summed E-state index contributed by atoms with van der Waals surface area (Å²) in [6, 6.07) is 0. The van der Waals surface area contributed by atoms with Crippen molar-refractivity contribution < 1.29 is 17.6 Å². The lowest BCUT2D eigenvalue weighted by molar-refractivity contribution is -0.131. The summed E-state index contributed by atoms with van der Waals surface area (Å²) in [6.07, 6.45) is -3.27. The number of hydrogen-bond donors (Lipinski definition) is 0. The molecule has 16 heavy (non-hydrogen) atoms. The first kappa shape index (κ1) is 15.7. The maximum atomic E-state index is 12.7. The van der Waals surface area contributed by atoms with E-state index in [2.05, 4.69) is 4.99 Å². The Hall–Kier alpha value is -0.306. The second-order valence-corrected chi connectivity index (χ2v) is 15.5. The van der Waals surface area contributed by atoms with Gasteiger partial charge < -0.3 is 4.43 Å². The second kappa shape index (κ2) is 4.91. The highest BCUT2D eigenvalue weighted by Crippen LogP contribution is 2.29. The molecule has 2 nitrogen and oxygen atoms in total. The fourth-order valence-corrected chi connectivity index (χ4v) is 2.92. The van der Waals surface area contributed by atoms with E-state index in [4.69, 9.17) is 4.43 Å². The van der Waals surface area contributed by atoms with Crippen LogP contribution in [0.25, 0.3) is 0 Å². The van der Waals surface area contributed by atoms with Crippen molar-refractivity contribution in [2.24, 2.45) is 4.99 Å². The van der Waals surface area contributed by atoms with Crippen LogP contribution in [0.1, 0.15) is 0 Å². The molecule has 0 amide bonds. The number of rotatable bonds is 4. The molecular weight excluding hydrogens is 251 g/mol. The van der Waals surface area contributed by atoms with Crippen LogP contribution >= 0.6 is 0 Å². The van der Waals surface area contributed by atoms with Crippen LogP contribution in [0, 0.1) is 0 Å². The summed E-state index contributed by atoms with van der Waals surface area (Å²) in [4.78, 5) is 3.58. The Balaban J connectivity index is 4.72. The molecule has 7 heteroatoms. The van der Waals surface area contributed by atoms with Crippen LogP contribution in [0.4, 0.5) is 13.2 Å². The van der Waals surface area contributed by atoms with Crippen molar-refractivity contribution in [3.8, 4) is 0 Å². The van der Waals surface area contributed by atoms with E-state index in [0.29, 0.717) is 0 Å². The molecule has 0 rings (SSSR count). The third-order valence-electron chi connectivity index (χ3n) is 1.75. The fraction of sp³-hybridized carbons (Fsp3) is 0.889. The highest BCUT2D eigenvalue weighted by atomic mass is 28.4. The Kier molecular flexibility index (Phi) is 4.81. The van der Waals surface area contributed by atoms with Gasteiger partial charge in [0, 0.05) is 0 Å². The van der Waals surface area contributed by atoms with Crippen LogP contribution in [0.15, 0.2) is 4.99 Å².